The van der Waals surface area contributed by atoms with Gasteiger partial charge in [-0.15, -0.1) is 0 Å². The largest absolute Gasteiger partial charge is 0.351 e. The van der Waals surface area contributed by atoms with Crippen molar-refractivity contribution in [1.29, 1.82) is 0 Å². The normalized spacial score (nSPS) is 20.1. The van der Waals surface area contributed by atoms with E-state index in [1.165, 1.54) is 0 Å². The first-order valence-electron chi connectivity index (χ1n) is 7.73. The van der Waals surface area contributed by atoms with Crippen molar-refractivity contribution in [2.45, 2.75) is 38.9 Å². The standard InChI is InChI=1S/C16H23ClN2O3S/c1-12(2)19(9-13-4-3-5-14(17)8-13)10-16(20)18-15-6-7-23(21,22)11-15/h3-5,8,12,15H,6-7,9-11H2,1-2H3,(H,18,20)/t15-/m0/s1. The van der Waals surface area contributed by atoms with Gasteiger partial charge in [0, 0.05) is 23.7 Å². The van der Waals surface area contributed by atoms with Gasteiger partial charge >= 0.3 is 0 Å². The van der Waals surface area contributed by atoms with Crippen LogP contribution < -0.4 is 5.32 Å². The molecule has 0 saturated carbocycles. The molecular formula is C16H23ClN2O3S. The van der Waals surface area contributed by atoms with Crippen molar-refractivity contribution < 1.29 is 13.2 Å². The third-order valence-corrected chi connectivity index (χ3v) is 5.95. The second-order valence-electron chi connectivity index (χ2n) is 6.30. The summed E-state index contributed by atoms with van der Waals surface area (Å²) in [6.45, 7) is 4.91. The van der Waals surface area contributed by atoms with Gasteiger partial charge in [0.15, 0.2) is 9.84 Å². The van der Waals surface area contributed by atoms with Crippen LogP contribution in [0.1, 0.15) is 25.8 Å². The molecule has 1 heterocycles. The fourth-order valence-electron chi connectivity index (χ4n) is 2.66. The van der Waals surface area contributed by atoms with Crippen molar-refractivity contribution in [2.75, 3.05) is 18.1 Å². The zero-order valence-electron chi connectivity index (χ0n) is 13.5. The molecule has 1 saturated heterocycles. The zero-order chi connectivity index (χ0) is 17.0. The first kappa shape index (κ1) is 18.2. The Bertz CT molecular complexity index is 661. The number of carbonyl (C=O) groups excluding carboxylic acids is 1. The lowest BCUT2D eigenvalue weighted by Crippen LogP contribution is -2.44. The predicted molar refractivity (Wildman–Crippen MR) is 92.2 cm³/mol. The van der Waals surface area contributed by atoms with Gasteiger partial charge in [-0.1, -0.05) is 23.7 Å². The van der Waals surface area contributed by atoms with Crippen LogP contribution in [0, 0.1) is 0 Å². The van der Waals surface area contributed by atoms with E-state index in [9.17, 15) is 13.2 Å². The number of sulfone groups is 1. The molecular weight excluding hydrogens is 336 g/mol. The molecule has 2 rings (SSSR count). The van der Waals surface area contributed by atoms with E-state index in [4.69, 9.17) is 11.6 Å². The van der Waals surface area contributed by atoms with Crippen LogP contribution in [0.3, 0.4) is 0 Å². The van der Waals surface area contributed by atoms with Crippen LogP contribution in [0.2, 0.25) is 5.02 Å². The maximum absolute atomic E-state index is 12.2. The monoisotopic (exact) mass is 358 g/mol. The molecule has 1 aliphatic heterocycles. The van der Waals surface area contributed by atoms with Gasteiger partial charge in [0.25, 0.3) is 0 Å². The third-order valence-electron chi connectivity index (χ3n) is 3.95. The molecule has 5 nitrogen and oxygen atoms in total. The molecule has 23 heavy (non-hydrogen) atoms. The van der Waals surface area contributed by atoms with Crippen LogP contribution in [0.5, 0.6) is 0 Å². The summed E-state index contributed by atoms with van der Waals surface area (Å²) in [5.41, 5.74) is 1.04. The second kappa shape index (κ2) is 7.64. The van der Waals surface area contributed by atoms with E-state index in [1.54, 1.807) is 0 Å². The Kier molecular flexibility index (Phi) is 6.06. The van der Waals surface area contributed by atoms with Crippen molar-refractivity contribution in [3.63, 3.8) is 0 Å². The zero-order valence-corrected chi connectivity index (χ0v) is 15.0. The molecule has 1 aromatic carbocycles. The van der Waals surface area contributed by atoms with Gasteiger partial charge in [0.05, 0.1) is 18.1 Å². The van der Waals surface area contributed by atoms with E-state index in [2.05, 4.69) is 5.32 Å². The molecule has 1 amide bonds. The first-order valence-corrected chi connectivity index (χ1v) is 9.93. The van der Waals surface area contributed by atoms with Crippen LogP contribution >= 0.6 is 11.6 Å². The first-order chi connectivity index (χ1) is 10.7. The van der Waals surface area contributed by atoms with Gasteiger partial charge in [0.1, 0.15) is 0 Å². The highest BCUT2D eigenvalue weighted by molar-refractivity contribution is 7.91. The summed E-state index contributed by atoms with van der Waals surface area (Å²) in [6, 6.07) is 7.50. The van der Waals surface area contributed by atoms with Crippen molar-refractivity contribution >= 4 is 27.3 Å². The lowest BCUT2D eigenvalue weighted by Gasteiger charge is -2.26. The molecule has 0 bridgehead atoms. The summed E-state index contributed by atoms with van der Waals surface area (Å²) in [5.74, 6) is 0.0751. The average molecular weight is 359 g/mol. The lowest BCUT2D eigenvalue weighted by atomic mass is 10.2. The van der Waals surface area contributed by atoms with Crippen molar-refractivity contribution in [3.05, 3.63) is 34.9 Å². The van der Waals surface area contributed by atoms with E-state index >= 15 is 0 Å². The fourth-order valence-corrected chi connectivity index (χ4v) is 4.54. The highest BCUT2D eigenvalue weighted by Crippen LogP contribution is 2.15. The summed E-state index contributed by atoms with van der Waals surface area (Å²) in [4.78, 5) is 14.2. The Morgan fingerprint density at radius 3 is 2.74 bits per heavy atom. The van der Waals surface area contributed by atoms with Gasteiger partial charge in [-0.25, -0.2) is 8.42 Å². The van der Waals surface area contributed by atoms with Crippen LogP contribution in [0.4, 0.5) is 0 Å². The maximum atomic E-state index is 12.2. The summed E-state index contributed by atoms with van der Waals surface area (Å²) in [6.07, 6.45) is 0.504. The Labute approximate surface area is 142 Å². The maximum Gasteiger partial charge on any atom is 0.234 e. The van der Waals surface area contributed by atoms with Crippen LogP contribution in [-0.4, -0.2) is 49.4 Å². The predicted octanol–water partition coefficient (Wildman–Crippen LogP) is 1.85. The molecule has 0 aliphatic carbocycles. The summed E-state index contributed by atoms with van der Waals surface area (Å²) in [5, 5.41) is 3.50. The van der Waals surface area contributed by atoms with Gasteiger partial charge in [-0.2, -0.15) is 0 Å². The molecule has 1 N–H and O–H groups in total. The summed E-state index contributed by atoms with van der Waals surface area (Å²) < 4.78 is 22.9. The lowest BCUT2D eigenvalue weighted by molar-refractivity contribution is -0.123. The molecule has 0 aromatic heterocycles. The number of nitrogens with one attached hydrogen (secondary N) is 1. The Balaban J connectivity index is 1.92. The summed E-state index contributed by atoms with van der Waals surface area (Å²) in [7, 11) is -2.98. The van der Waals surface area contributed by atoms with Gasteiger partial charge in [-0.05, 0) is 38.0 Å². The van der Waals surface area contributed by atoms with E-state index < -0.39 is 9.84 Å². The molecule has 0 spiro atoms. The smallest absolute Gasteiger partial charge is 0.234 e. The fraction of sp³-hybridized carbons (Fsp3) is 0.562. The van der Waals surface area contributed by atoms with E-state index in [1.807, 2.05) is 43.0 Å². The third kappa shape index (κ3) is 5.79. The molecule has 1 aliphatic rings. The number of carbonyl (C=O) groups is 1. The van der Waals surface area contributed by atoms with Crippen LogP contribution in [-0.2, 0) is 21.2 Å². The molecule has 0 radical (unpaired) electrons. The van der Waals surface area contributed by atoms with Crippen molar-refractivity contribution in [2.24, 2.45) is 0 Å². The van der Waals surface area contributed by atoms with E-state index in [0.29, 0.717) is 18.0 Å². The average Bonchev–Trinajstić information content (AvgIpc) is 2.77. The molecule has 128 valence electrons. The van der Waals surface area contributed by atoms with Crippen molar-refractivity contribution in [1.82, 2.24) is 10.2 Å². The number of nitrogens with zero attached hydrogens (tertiary/aromatic N) is 1. The number of benzene rings is 1. The van der Waals surface area contributed by atoms with E-state index in [0.717, 1.165) is 5.56 Å². The number of hydrogen-bond donors (Lipinski definition) is 1. The number of hydrogen-bond acceptors (Lipinski definition) is 4. The Morgan fingerprint density at radius 1 is 1.43 bits per heavy atom. The summed E-state index contributed by atoms with van der Waals surface area (Å²) >= 11 is 6.00. The van der Waals surface area contributed by atoms with Crippen molar-refractivity contribution in [3.8, 4) is 0 Å². The molecule has 1 atom stereocenters. The highest BCUT2D eigenvalue weighted by Gasteiger charge is 2.29. The SMILES string of the molecule is CC(C)N(CC(=O)N[C@H]1CCS(=O)(=O)C1)Cc1cccc(Cl)c1. The van der Waals surface area contributed by atoms with Gasteiger partial charge in [0.2, 0.25) is 5.91 Å². The Morgan fingerprint density at radius 2 is 2.17 bits per heavy atom. The van der Waals surface area contributed by atoms with Gasteiger partial charge in [-0.3, -0.25) is 9.69 Å². The Hall–Kier alpha value is -1.11. The second-order valence-corrected chi connectivity index (χ2v) is 8.96. The number of amides is 1. The molecule has 0 unspecified atom stereocenters. The van der Waals surface area contributed by atoms with Gasteiger partial charge < -0.3 is 5.32 Å². The minimum Gasteiger partial charge on any atom is -0.351 e. The minimum absolute atomic E-state index is 0.0503. The quantitative estimate of drug-likeness (QED) is 0.842. The highest BCUT2D eigenvalue weighted by atomic mass is 35.5. The molecule has 1 fully saturated rings. The number of halogens is 1. The van der Waals surface area contributed by atoms with E-state index in [-0.39, 0.29) is 36.0 Å². The van der Waals surface area contributed by atoms with Crippen LogP contribution in [0.25, 0.3) is 0 Å². The molecule has 1 aromatic rings. The minimum atomic E-state index is -2.98. The molecule has 7 heteroatoms. The number of rotatable bonds is 6. The topological polar surface area (TPSA) is 66.5 Å². The van der Waals surface area contributed by atoms with Crippen LogP contribution in [0.15, 0.2) is 24.3 Å².